The van der Waals surface area contributed by atoms with E-state index in [9.17, 15) is 14.3 Å². The summed E-state index contributed by atoms with van der Waals surface area (Å²) in [6, 6.07) is 9.12. The fourth-order valence-corrected chi connectivity index (χ4v) is 2.26. The number of carbonyl (C=O) groups is 1. The van der Waals surface area contributed by atoms with E-state index in [-0.39, 0.29) is 28.8 Å². The van der Waals surface area contributed by atoms with Crippen LogP contribution in [0.3, 0.4) is 0 Å². The van der Waals surface area contributed by atoms with E-state index in [0.29, 0.717) is 16.7 Å². The van der Waals surface area contributed by atoms with Crippen LogP contribution in [-0.2, 0) is 4.74 Å². The van der Waals surface area contributed by atoms with Gasteiger partial charge in [-0.25, -0.2) is 9.18 Å². The molecule has 1 aromatic heterocycles. The lowest BCUT2D eigenvalue weighted by Crippen LogP contribution is -2.09. The molecule has 1 atom stereocenters. The van der Waals surface area contributed by atoms with Crippen LogP contribution < -0.4 is 0 Å². The molecule has 2 aromatic carbocycles. The van der Waals surface area contributed by atoms with Gasteiger partial charge in [-0.05, 0) is 50.1 Å². The molecule has 1 heterocycles. The maximum Gasteiger partial charge on any atom is 0.339 e. The van der Waals surface area contributed by atoms with Crippen molar-refractivity contribution in [3.63, 3.8) is 0 Å². The molecule has 0 saturated heterocycles. The number of carbonyl (C=O) groups excluding carboxylic acids is 1. The van der Waals surface area contributed by atoms with Crippen LogP contribution in [0.2, 0.25) is 0 Å². The number of aromatic nitrogens is 2. The number of aryl methyl sites for hydroxylation is 2. The van der Waals surface area contributed by atoms with Crippen molar-refractivity contribution in [2.24, 2.45) is 0 Å². The van der Waals surface area contributed by atoms with Gasteiger partial charge in [0.15, 0.2) is 6.10 Å². The summed E-state index contributed by atoms with van der Waals surface area (Å²) in [5.74, 6) is -0.699. The second kappa shape index (κ2) is 6.95. The van der Waals surface area contributed by atoms with E-state index in [4.69, 9.17) is 9.26 Å². The van der Waals surface area contributed by atoms with Gasteiger partial charge in [0, 0.05) is 5.56 Å². The smallest absolute Gasteiger partial charge is 0.339 e. The zero-order chi connectivity index (χ0) is 18.8. The largest absolute Gasteiger partial charge is 0.508 e. The molecule has 26 heavy (non-hydrogen) atoms. The minimum Gasteiger partial charge on any atom is -0.508 e. The lowest BCUT2D eigenvalue weighted by atomic mass is 10.1. The molecule has 0 fully saturated rings. The highest BCUT2D eigenvalue weighted by atomic mass is 19.1. The number of rotatable bonds is 4. The molecule has 1 N–H and O–H groups in total. The van der Waals surface area contributed by atoms with Gasteiger partial charge in [-0.1, -0.05) is 23.4 Å². The number of hydrogen-bond acceptors (Lipinski definition) is 6. The molecule has 134 valence electrons. The van der Waals surface area contributed by atoms with Crippen LogP contribution in [0.25, 0.3) is 11.4 Å². The molecule has 0 bridgehead atoms. The van der Waals surface area contributed by atoms with Crippen molar-refractivity contribution < 1.29 is 23.6 Å². The topological polar surface area (TPSA) is 85.5 Å². The van der Waals surface area contributed by atoms with Crippen molar-refractivity contribution in [3.05, 3.63) is 64.8 Å². The molecule has 3 aromatic rings. The molecule has 7 heteroatoms. The van der Waals surface area contributed by atoms with E-state index < -0.39 is 12.1 Å². The van der Waals surface area contributed by atoms with E-state index >= 15 is 0 Å². The third-order valence-corrected chi connectivity index (χ3v) is 3.95. The molecule has 0 aliphatic heterocycles. The SMILES string of the molecule is Cc1ccc(C(=O)OC(C)c2nc(-c3ccc(C)c(F)c3)no2)cc1O. The monoisotopic (exact) mass is 356 g/mol. The molecular formula is C19H17FN2O4. The van der Waals surface area contributed by atoms with Gasteiger partial charge in [0.25, 0.3) is 5.89 Å². The minimum atomic E-state index is -0.803. The fraction of sp³-hybridized carbons (Fsp3) is 0.211. The highest BCUT2D eigenvalue weighted by Gasteiger charge is 2.21. The molecule has 0 saturated carbocycles. The Bertz CT molecular complexity index is 968. The molecule has 0 radical (unpaired) electrons. The quantitative estimate of drug-likeness (QED) is 0.708. The summed E-state index contributed by atoms with van der Waals surface area (Å²) in [4.78, 5) is 16.3. The number of aromatic hydroxyl groups is 1. The van der Waals surface area contributed by atoms with Crippen LogP contribution in [0.15, 0.2) is 40.9 Å². The molecule has 3 rings (SSSR count). The summed E-state index contributed by atoms with van der Waals surface area (Å²) in [6.07, 6.45) is -0.803. The molecule has 6 nitrogen and oxygen atoms in total. The summed E-state index contributed by atoms with van der Waals surface area (Å²) in [5.41, 5.74) is 1.84. The first-order chi connectivity index (χ1) is 12.3. The van der Waals surface area contributed by atoms with E-state index in [2.05, 4.69) is 10.1 Å². The van der Waals surface area contributed by atoms with Crippen LogP contribution in [0, 0.1) is 19.7 Å². The van der Waals surface area contributed by atoms with Gasteiger partial charge in [0.05, 0.1) is 5.56 Å². The van der Waals surface area contributed by atoms with Crippen LogP contribution in [-0.4, -0.2) is 21.2 Å². The van der Waals surface area contributed by atoms with Crippen LogP contribution in [0.5, 0.6) is 5.75 Å². The van der Waals surface area contributed by atoms with E-state index in [1.807, 2.05) is 0 Å². The number of halogens is 1. The Morgan fingerprint density at radius 1 is 1.19 bits per heavy atom. The molecule has 0 aliphatic carbocycles. The maximum absolute atomic E-state index is 13.7. The van der Waals surface area contributed by atoms with E-state index in [1.54, 1.807) is 45.0 Å². The highest BCUT2D eigenvalue weighted by Crippen LogP contribution is 2.24. The number of ether oxygens (including phenoxy) is 1. The molecule has 0 aliphatic rings. The predicted octanol–water partition coefficient (Wildman–Crippen LogP) is 4.12. The summed E-state index contributed by atoms with van der Waals surface area (Å²) >= 11 is 0. The van der Waals surface area contributed by atoms with Crippen LogP contribution >= 0.6 is 0 Å². The third kappa shape index (κ3) is 3.56. The van der Waals surface area contributed by atoms with Gasteiger partial charge in [-0.2, -0.15) is 4.98 Å². The summed E-state index contributed by atoms with van der Waals surface area (Å²) in [7, 11) is 0. The van der Waals surface area contributed by atoms with Crippen molar-refractivity contribution in [1.29, 1.82) is 0 Å². The van der Waals surface area contributed by atoms with Crippen molar-refractivity contribution in [2.45, 2.75) is 26.9 Å². The standard InChI is InChI=1S/C19H17FN2O4/c1-10-4-6-13(8-15(10)20)17-21-18(26-22-17)12(3)25-19(24)14-7-5-11(2)16(23)9-14/h4-9,12,23H,1-3H3. The van der Waals surface area contributed by atoms with Crippen molar-refractivity contribution in [3.8, 4) is 17.1 Å². The first kappa shape index (κ1) is 17.6. The number of hydrogen-bond donors (Lipinski definition) is 1. The van der Waals surface area contributed by atoms with Crippen molar-refractivity contribution in [1.82, 2.24) is 10.1 Å². The number of phenolic OH excluding ortho intramolecular Hbond substituents is 1. The van der Waals surface area contributed by atoms with Crippen LogP contribution in [0.1, 0.15) is 40.4 Å². The molecule has 0 amide bonds. The molecule has 0 spiro atoms. The number of phenols is 1. The Kier molecular flexibility index (Phi) is 4.71. The van der Waals surface area contributed by atoms with Gasteiger partial charge in [-0.15, -0.1) is 0 Å². The average Bonchev–Trinajstić information content (AvgIpc) is 3.10. The summed E-state index contributed by atoms with van der Waals surface area (Å²) in [5, 5.41) is 13.5. The van der Waals surface area contributed by atoms with Gasteiger partial charge >= 0.3 is 5.97 Å². The predicted molar refractivity (Wildman–Crippen MR) is 91.1 cm³/mol. The highest BCUT2D eigenvalue weighted by molar-refractivity contribution is 5.90. The van der Waals surface area contributed by atoms with Crippen molar-refractivity contribution >= 4 is 5.97 Å². The Balaban J connectivity index is 1.75. The number of nitrogens with zero attached hydrogens (tertiary/aromatic N) is 2. The van der Waals surface area contributed by atoms with E-state index in [1.165, 1.54) is 12.1 Å². The Morgan fingerprint density at radius 3 is 2.62 bits per heavy atom. The lowest BCUT2D eigenvalue weighted by molar-refractivity contribution is 0.0265. The Hall–Kier alpha value is -3.22. The Morgan fingerprint density at radius 2 is 1.92 bits per heavy atom. The maximum atomic E-state index is 13.7. The van der Waals surface area contributed by atoms with E-state index in [0.717, 1.165) is 0 Å². The normalized spacial score (nSPS) is 12.0. The van der Waals surface area contributed by atoms with Crippen molar-refractivity contribution in [2.75, 3.05) is 0 Å². The Labute approximate surface area is 149 Å². The number of esters is 1. The zero-order valence-electron chi connectivity index (χ0n) is 14.5. The van der Waals surface area contributed by atoms with Gasteiger partial charge in [0.2, 0.25) is 5.82 Å². The fourth-order valence-electron chi connectivity index (χ4n) is 2.26. The first-order valence-corrected chi connectivity index (χ1v) is 7.96. The summed E-state index contributed by atoms with van der Waals surface area (Å²) < 4.78 is 24.1. The average molecular weight is 356 g/mol. The first-order valence-electron chi connectivity index (χ1n) is 7.96. The zero-order valence-corrected chi connectivity index (χ0v) is 14.5. The van der Waals surface area contributed by atoms with Gasteiger partial charge in [0.1, 0.15) is 11.6 Å². The minimum absolute atomic E-state index is 0.00794. The second-order valence-electron chi connectivity index (χ2n) is 5.97. The van der Waals surface area contributed by atoms with Gasteiger partial charge < -0.3 is 14.4 Å². The second-order valence-corrected chi connectivity index (χ2v) is 5.97. The lowest BCUT2D eigenvalue weighted by Gasteiger charge is -2.09. The van der Waals surface area contributed by atoms with Gasteiger partial charge in [-0.3, -0.25) is 0 Å². The number of benzene rings is 2. The molecule has 1 unspecified atom stereocenters. The van der Waals surface area contributed by atoms with Crippen LogP contribution in [0.4, 0.5) is 4.39 Å². The molecular weight excluding hydrogens is 339 g/mol. The third-order valence-electron chi connectivity index (χ3n) is 3.95. The summed E-state index contributed by atoms with van der Waals surface area (Å²) in [6.45, 7) is 4.96.